The zero-order valence-electron chi connectivity index (χ0n) is 15.9. The largest absolute Gasteiger partial charge is 0.480 e. The van der Waals surface area contributed by atoms with Gasteiger partial charge in [-0.1, -0.05) is 29.8 Å². The van der Waals surface area contributed by atoms with Crippen molar-refractivity contribution in [3.63, 3.8) is 0 Å². The summed E-state index contributed by atoms with van der Waals surface area (Å²) >= 11 is 0. The lowest BCUT2D eigenvalue weighted by Gasteiger charge is -2.42. The Kier molecular flexibility index (Phi) is 5.32. The van der Waals surface area contributed by atoms with Gasteiger partial charge in [0.2, 0.25) is 0 Å². The third-order valence-corrected chi connectivity index (χ3v) is 5.72. The smallest absolute Gasteiger partial charge is 0.317 e. The Labute approximate surface area is 160 Å². The molecule has 0 amide bonds. The van der Waals surface area contributed by atoms with Gasteiger partial charge >= 0.3 is 5.97 Å². The van der Waals surface area contributed by atoms with Gasteiger partial charge in [-0.05, 0) is 50.7 Å². The zero-order valence-corrected chi connectivity index (χ0v) is 15.9. The van der Waals surface area contributed by atoms with E-state index < -0.39 is 5.97 Å². The fourth-order valence-electron chi connectivity index (χ4n) is 3.79. The summed E-state index contributed by atoms with van der Waals surface area (Å²) in [5.41, 5.74) is 2.34. The molecule has 0 saturated heterocycles. The van der Waals surface area contributed by atoms with Crippen LogP contribution in [0, 0.1) is 12.8 Å². The number of rotatable bonds is 9. The van der Waals surface area contributed by atoms with Gasteiger partial charge in [-0.25, -0.2) is 0 Å². The first-order valence-corrected chi connectivity index (χ1v) is 9.92. The van der Waals surface area contributed by atoms with E-state index in [4.69, 9.17) is 9.52 Å². The van der Waals surface area contributed by atoms with Gasteiger partial charge in [0.15, 0.2) is 0 Å². The molecule has 2 aliphatic rings. The first-order valence-electron chi connectivity index (χ1n) is 9.92. The lowest BCUT2D eigenvalue weighted by atomic mass is 9.85. The Morgan fingerprint density at radius 1 is 1.19 bits per heavy atom. The van der Waals surface area contributed by atoms with Gasteiger partial charge in [0.25, 0.3) is 0 Å². The highest BCUT2D eigenvalue weighted by Gasteiger charge is 2.36. The normalized spacial score (nSPS) is 22.0. The molecule has 0 spiro atoms. The summed E-state index contributed by atoms with van der Waals surface area (Å²) in [6, 6.07) is 13.2. The molecule has 144 valence electrons. The summed E-state index contributed by atoms with van der Waals surface area (Å²) in [6.07, 6.45) is 4.55. The summed E-state index contributed by atoms with van der Waals surface area (Å²) in [6.45, 7) is 3.91. The van der Waals surface area contributed by atoms with Crippen LogP contribution >= 0.6 is 0 Å². The van der Waals surface area contributed by atoms with Crippen molar-refractivity contribution in [2.24, 2.45) is 5.92 Å². The fraction of sp³-hybridized carbons (Fsp3) is 0.500. The van der Waals surface area contributed by atoms with Crippen LogP contribution in [0.25, 0.3) is 11.3 Å². The molecule has 2 aliphatic carbocycles. The number of benzene rings is 1. The van der Waals surface area contributed by atoms with Crippen LogP contribution in [0.1, 0.15) is 37.0 Å². The summed E-state index contributed by atoms with van der Waals surface area (Å²) in [5.74, 6) is 1.84. The molecule has 1 aromatic heterocycles. The van der Waals surface area contributed by atoms with Gasteiger partial charge in [0.05, 0.1) is 13.1 Å². The highest BCUT2D eigenvalue weighted by molar-refractivity contribution is 5.69. The standard InChI is InChI=1S/C22H28N2O3/c1-15-2-6-17(7-3-15)21-9-8-20(27-21)12-23-18-10-19(11-18)24(14-22(25)26)13-16-4-5-16/h2-3,6-9,16,18-19,23H,4-5,10-14H2,1H3,(H,25,26). The molecule has 0 atom stereocenters. The number of hydrogen-bond acceptors (Lipinski definition) is 4. The third kappa shape index (κ3) is 4.79. The topological polar surface area (TPSA) is 65.7 Å². The van der Waals surface area contributed by atoms with E-state index in [1.165, 1.54) is 18.4 Å². The molecule has 2 N–H and O–H groups in total. The number of aryl methyl sites for hydroxylation is 1. The van der Waals surface area contributed by atoms with Crippen molar-refractivity contribution in [2.75, 3.05) is 13.1 Å². The van der Waals surface area contributed by atoms with Crippen LogP contribution in [0.15, 0.2) is 40.8 Å². The van der Waals surface area contributed by atoms with E-state index in [-0.39, 0.29) is 6.54 Å². The van der Waals surface area contributed by atoms with Gasteiger partial charge in [-0.15, -0.1) is 0 Å². The molecule has 5 nitrogen and oxygen atoms in total. The Balaban J connectivity index is 1.24. The van der Waals surface area contributed by atoms with Crippen LogP contribution in [0.5, 0.6) is 0 Å². The Morgan fingerprint density at radius 2 is 1.93 bits per heavy atom. The number of carboxylic acids is 1. The van der Waals surface area contributed by atoms with Crippen molar-refractivity contribution in [1.82, 2.24) is 10.2 Å². The van der Waals surface area contributed by atoms with Gasteiger partial charge in [-0.2, -0.15) is 0 Å². The first kappa shape index (κ1) is 18.3. The molecule has 5 heteroatoms. The second-order valence-corrected chi connectivity index (χ2v) is 8.10. The quantitative estimate of drug-likeness (QED) is 0.707. The van der Waals surface area contributed by atoms with Crippen LogP contribution in [0.4, 0.5) is 0 Å². The molecule has 0 aliphatic heterocycles. The molecule has 1 aromatic carbocycles. The SMILES string of the molecule is Cc1ccc(-c2ccc(CNC3CC(N(CC(=O)O)CC4CC4)C3)o2)cc1. The van der Waals surface area contributed by atoms with Gasteiger partial charge in [0, 0.05) is 24.2 Å². The molecular weight excluding hydrogens is 340 g/mol. The minimum Gasteiger partial charge on any atom is -0.480 e. The minimum absolute atomic E-state index is 0.173. The molecule has 2 saturated carbocycles. The summed E-state index contributed by atoms with van der Waals surface area (Å²) < 4.78 is 5.97. The van der Waals surface area contributed by atoms with E-state index >= 15 is 0 Å². The van der Waals surface area contributed by atoms with E-state index in [1.807, 2.05) is 12.1 Å². The van der Waals surface area contributed by atoms with E-state index in [2.05, 4.69) is 41.4 Å². The number of furan rings is 1. The highest BCUT2D eigenvalue weighted by atomic mass is 16.4. The van der Waals surface area contributed by atoms with Crippen LogP contribution in [0.2, 0.25) is 0 Å². The maximum absolute atomic E-state index is 11.1. The van der Waals surface area contributed by atoms with Crippen LogP contribution in [-0.2, 0) is 11.3 Å². The van der Waals surface area contributed by atoms with Crippen molar-refractivity contribution >= 4 is 5.97 Å². The number of hydrogen-bond donors (Lipinski definition) is 2. The lowest BCUT2D eigenvalue weighted by molar-refractivity contribution is -0.139. The predicted octanol–water partition coefficient (Wildman–Crippen LogP) is 3.67. The second kappa shape index (κ2) is 7.87. The van der Waals surface area contributed by atoms with E-state index in [0.717, 1.165) is 42.4 Å². The molecule has 0 radical (unpaired) electrons. The predicted molar refractivity (Wildman–Crippen MR) is 104 cm³/mol. The molecule has 2 aromatic rings. The molecule has 4 rings (SSSR count). The summed E-state index contributed by atoms with van der Waals surface area (Å²) in [4.78, 5) is 13.3. The summed E-state index contributed by atoms with van der Waals surface area (Å²) in [5, 5.41) is 12.7. The average Bonchev–Trinajstić information content (AvgIpc) is 3.28. The third-order valence-electron chi connectivity index (χ3n) is 5.72. The average molecular weight is 368 g/mol. The van der Waals surface area contributed by atoms with Crippen molar-refractivity contribution in [1.29, 1.82) is 0 Å². The lowest BCUT2D eigenvalue weighted by Crippen LogP contribution is -2.54. The Morgan fingerprint density at radius 3 is 2.59 bits per heavy atom. The van der Waals surface area contributed by atoms with Crippen LogP contribution < -0.4 is 5.32 Å². The molecule has 2 fully saturated rings. The summed E-state index contributed by atoms with van der Waals surface area (Å²) in [7, 11) is 0. The molecular formula is C22H28N2O3. The number of aliphatic carboxylic acids is 1. The second-order valence-electron chi connectivity index (χ2n) is 8.10. The zero-order chi connectivity index (χ0) is 18.8. The maximum atomic E-state index is 11.1. The first-order chi connectivity index (χ1) is 13.1. The van der Waals surface area contributed by atoms with E-state index in [1.54, 1.807) is 0 Å². The van der Waals surface area contributed by atoms with Crippen molar-refractivity contribution in [2.45, 2.75) is 51.2 Å². The van der Waals surface area contributed by atoms with Gasteiger partial charge in [0.1, 0.15) is 11.5 Å². The van der Waals surface area contributed by atoms with Gasteiger partial charge in [-0.3, -0.25) is 9.69 Å². The van der Waals surface area contributed by atoms with Crippen LogP contribution in [0.3, 0.4) is 0 Å². The Bertz CT molecular complexity index is 773. The van der Waals surface area contributed by atoms with E-state index in [9.17, 15) is 4.79 Å². The maximum Gasteiger partial charge on any atom is 0.317 e. The fourth-order valence-corrected chi connectivity index (χ4v) is 3.79. The van der Waals surface area contributed by atoms with Crippen LogP contribution in [-0.4, -0.2) is 41.1 Å². The molecule has 27 heavy (non-hydrogen) atoms. The molecule has 1 heterocycles. The van der Waals surface area contributed by atoms with Crippen molar-refractivity contribution in [3.8, 4) is 11.3 Å². The molecule has 0 unspecified atom stereocenters. The number of carbonyl (C=O) groups is 1. The van der Waals surface area contributed by atoms with Crippen molar-refractivity contribution in [3.05, 3.63) is 47.7 Å². The Hall–Kier alpha value is -2.11. The van der Waals surface area contributed by atoms with Gasteiger partial charge < -0.3 is 14.8 Å². The molecule has 0 bridgehead atoms. The number of nitrogens with one attached hydrogen (secondary N) is 1. The number of carboxylic acid groups (broad SMARTS) is 1. The van der Waals surface area contributed by atoms with E-state index in [0.29, 0.717) is 18.6 Å². The minimum atomic E-state index is -0.716. The number of nitrogens with zero attached hydrogens (tertiary/aromatic N) is 1. The monoisotopic (exact) mass is 368 g/mol. The van der Waals surface area contributed by atoms with Crippen molar-refractivity contribution < 1.29 is 14.3 Å². The highest BCUT2D eigenvalue weighted by Crippen LogP contribution is 2.34.